The second kappa shape index (κ2) is 3.41. The van der Waals surface area contributed by atoms with Crippen LogP contribution in [0, 0.1) is 0 Å². The smallest absolute Gasteiger partial charge is 0.143 e. The topological polar surface area (TPSA) is 60.2 Å². The molecule has 0 aliphatic carbocycles. The minimum Gasteiger partial charge on any atom is -0.495 e. The summed E-state index contributed by atoms with van der Waals surface area (Å²) in [5.41, 5.74) is 2.38. The first kappa shape index (κ1) is 8.10. The maximum absolute atomic E-state index is 5.70. The largest absolute Gasteiger partial charge is 0.495 e. The van der Waals surface area contributed by atoms with E-state index in [-0.39, 0.29) is 0 Å². The highest BCUT2D eigenvalue weighted by molar-refractivity contribution is 6.31. The number of aromatic nitrogens is 1. The SMILES string of the molecule is COc1cc(NN)ncc1Cl. The third-order valence-electron chi connectivity index (χ3n) is 1.19. The van der Waals surface area contributed by atoms with Crippen LogP contribution in [-0.2, 0) is 0 Å². The Morgan fingerprint density at radius 3 is 3.00 bits per heavy atom. The number of rotatable bonds is 2. The second-order valence-electron chi connectivity index (χ2n) is 1.85. The molecule has 1 aromatic rings. The molecule has 11 heavy (non-hydrogen) atoms. The number of ether oxygens (including phenoxy) is 1. The molecule has 1 heterocycles. The van der Waals surface area contributed by atoms with Gasteiger partial charge in [0.25, 0.3) is 0 Å². The monoisotopic (exact) mass is 173 g/mol. The standard InChI is InChI=1S/C6H8ClN3O/c1-11-5-2-6(10-8)9-3-4(5)7/h2-3H,8H2,1H3,(H,9,10). The Bertz CT molecular complexity index is 254. The van der Waals surface area contributed by atoms with Crippen molar-refractivity contribution in [1.82, 2.24) is 4.98 Å². The molecule has 0 spiro atoms. The molecule has 0 fully saturated rings. The third kappa shape index (κ3) is 1.72. The third-order valence-corrected chi connectivity index (χ3v) is 1.47. The summed E-state index contributed by atoms with van der Waals surface area (Å²) >= 11 is 5.70. The summed E-state index contributed by atoms with van der Waals surface area (Å²) in [5.74, 6) is 6.18. The highest BCUT2D eigenvalue weighted by atomic mass is 35.5. The fourth-order valence-corrected chi connectivity index (χ4v) is 0.836. The molecule has 0 aliphatic rings. The Kier molecular flexibility index (Phi) is 2.51. The maximum Gasteiger partial charge on any atom is 0.143 e. The van der Waals surface area contributed by atoms with Gasteiger partial charge in [-0.05, 0) is 0 Å². The fraction of sp³-hybridized carbons (Fsp3) is 0.167. The number of hydrogen-bond donors (Lipinski definition) is 2. The minimum atomic E-state index is 0.464. The van der Waals surface area contributed by atoms with Crippen molar-refractivity contribution in [1.29, 1.82) is 0 Å². The van der Waals surface area contributed by atoms with Crippen LogP contribution in [0.15, 0.2) is 12.3 Å². The zero-order valence-corrected chi connectivity index (χ0v) is 6.72. The predicted octanol–water partition coefficient (Wildman–Crippen LogP) is 1.03. The minimum absolute atomic E-state index is 0.464. The number of nitrogens with two attached hydrogens (primary N) is 1. The number of hydrogen-bond acceptors (Lipinski definition) is 4. The number of methoxy groups -OCH3 is 1. The lowest BCUT2D eigenvalue weighted by Crippen LogP contribution is -2.08. The maximum atomic E-state index is 5.70. The van der Waals surface area contributed by atoms with E-state index in [1.807, 2.05) is 0 Å². The summed E-state index contributed by atoms with van der Waals surface area (Å²) in [6.45, 7) is 0. The fourth-order valence-electron chi connectivity index (χ4n) is 0.656. The van der Waals surface area contributed by atoms with Gasteiger partial charge in [0.2, 0.25) is 0 Å². The molecule has 1 rings (SSSR count). The normalized spacial score (nSPS) is 9.36. The van der Waals surface area contributed by atoms with Crippen LogP contribution in [-0.4, -0.2) is 12.1 Å². The van der Waals surface area contributed by atoms with E-state index in [1.54, 1.807) is 6.07 Å². The molecule has 3 N–H and O–H groups in total. The lowest BCUT2D eigenvalue weighted by atomic mass is 10.4. The molecule has 60 valence electrons. The Balaban J connectivity index is 3.02. The van der Waals surface area contributed by atoms with Gasteiger partial charge in [-0.2, -0.15) is 0 Å². The molecule has 0 bridgehead atoms. The van der Waals surface area contributed by atoms with Gasteiger partial charge in [0.15, 0.2) is 0 Å². The van der Waals surface area contributed by atoms with Crippen LogP contribution in [0.25, 0.3) is 0 Å². The molecule has 0 atom stereocenters. The van der Waals surface area contributed by atoms with Crippen LogP contribution in [0.5, 0.6) is 5.75 Å². The van der Waals surface area contributed by atoms with Crippen LogP contribution < -0.4 is 16.0 Å². The Labute approximate surface area is 69.3 Å². The predicted molar refractivity (Wildman–Crippen MR) is 43.6 cm³/mol. The van der Waals surface area contributed by atoms with E-state index in [0.29, 0.717) is 16.6 Å². The molecule has 5 heteroatoms. The van der Waals surface area contributed by atoms with Gasteiger partial charge in [0.1, 0.15) is 16.6 Å². The highest BCUT2D eigenvalue weighted by Crippen LogP contribution is 2.24. The van der Waals surface area contributed by atoms with Gasteiger partial charge in [-0.3, -0.25) is 0 Å². The number of hydrazine groups is 1. The number of halogens is 1. The van der Waals surface area contributed by atoms with Crippen molar-refractivity contribution in [3.8, 4) is 5.75 Å². The van der Waals surface area contributed by atoms with Crippen LogP contribution in [0.4, 0.5) is 5.82 Å². The number of nitrogen functional groups attached to an aromatic ring is 1. The number of anilines is 1. The molecular formula is C6H8ClN3O. The van der Waals surface area contributed by atoms with Crippen molar-refractivity contribution in [3.63, 3.8) is 0 Å². The lowest BCUT2D eigenvalue weighted by Gasteiger charge is -2.03. The van der Waals surface area contributed by atoms with Gasteiger partial charge >= 0.3 is 0 Å². The molecule has 0 unspecified atom stereocenters. The summed E-state index contributed by atoms with van der Waals surface area (Å²) in [5, 5.41) is 0.464. The van der Waals surface area contributed by atoms with Crippen molar-refractivity contribution in [3.05, 3.63) is 17.3 Å². The Morgan fingerprint density at radius 2 is 2.45 bits per heavy atom. The zero-order chi connectivity index (χ0) is 8.27. The van der Waals surface area contributed by atoms with Crippen molar-refractivity contribution in [2.45, 2.75) is 0 Å². The average molecular weight is 174 g/mol. The van der Waals surface area contributed by atoms with Crippen molar-refractivity contribution < 1.29 is 4.74 Å². The van der Waals surface area contributed by atoms with E-state index in [2.05, 4.69) is 10.4 Å². The Morgan fingerprint density at radius 1 is 1.73 bits per heavy atom. The van der Waals surface area contributed by atoms with E-state index >= 15 is 0 Å². The summed E-state index contributed by atoms with van der Waals surface area (Å²) in [6.07, 6.45) is 1.47. The number of nitrogens with zero attached hydrogens (tertiary/aromatic N) is 1. The first-order chi connectivity index (χ1) is 5.27. The molecule has 0 radical (unpaired) electrons. The lowest BCUT2D eigenvalue weighted by molar-refractivity contribution is 0.414. The first-order valence-electron chi connectivity index (χ1n) is 2.94. The average Bonchev–Trinajstić information content (AvgIpc) is 2.05. The van der Waals surface area contributed by atoms with Gasteiger partial charge in [-0.25, -0.2) is 10.8 Å². The summed E-state index contributed by atoms with van der Waals surface area (Å²) in [4.78, 5) is 3.86. The highest BCUT2D eigenvalue weighted by Gasteiger charge is 2.00. The Hall–Kier alpha value is -1.00. The molecular weight excluding hydrogens is 166 g/mol. The first-order valence-corrected chi connectivity index (χ1v) is 3.32. The van der Waals surface area contributed by atoms with E-state index in [1.165, 1.54) is 13.3 Å². The molecule has 0 saturated heterocycles. The molecule has 1 aromatic heterocycles. The summed E-state index contributed by atoms with van der Waals surface area (Å²) in [6, 6.07) is 1.61. The van der Waals surface area contributed by atoms with E-state index in [0.717, 1.165) is 0 Å². The van der Waals surface area contributed by atoms with Crippen molar-refractivity contribution >= 4 is 17.4 Å². The van der Waals surface area contributed by atoms with Crippen LogP contribution >= 0.6 is 11.6 Å². The van der Waals surface area contributed by atoms with Gasteiger partial charge in [0, 0.05) is 6.07 Å². The number of pyridine rings is 1. The van der Waals surface area contributed by atoms with Gasteiger partial charge in [0.05, 0.1) is 13.3 Å². The molecule has 0 aromatic carbocycles. The van der Waals surface area contributed by atoms with Crippen molar-refractivity contribution in [2.75, 3.05) is 12.5 Å². The van der Waals surface area contributed by atoms with Crippen LogP contribution in [0.1, 0.15) is 0 Å². The molecule has 0 amide bonds. The van der Waals surface area contributed by atoms with E-state index in [9.17, 15) is 0 Å². The second-order valence-corrected chi connectivity index (χ2v) is 2.26. The quantitative estimate of drug-likeness (QED) is 0.518. The van der Waals surface area contributed by atoms with Gasteiger partial charge in [-0.1, -0.05) is 11.6 Å². The zero-order valence-electron chi connectivity index (χ0n) is 5.97. The van der Waals surface area contributed by atoms with Crippen LogP contribution in [0.3, 0.4) is 0 Å². The van der Waals surface area contributed by atoms with Crippen molar-refractivity contribution in [2.24, 2.45) is 5.84 Å². The molecule has 0 aliphatic heterocycles. The number of nitrogens with one attached hydrogen (secondary N) is 1. The van der Waals surface area contributed by atoms with E-state index < -0.39 is 0 Å². The molecule has 4 nitrogen and oxygen atoms in total. The van der Waals surface area contributed by atoms with E-state index in [4.69, 9.17) is 22.2 Å². The summed E-state index contributed by atoms with van der Waals surface area (Å²) in [7, 11) is 1.53. The molecule has 0 saturated carbocycles. The van der Waals surface area contributed by atoms with Gasteiger partial charge < -0.3 is 10.2 Å². The summed E-state index contributed by atoms with van der Waals surface area (Å²) < 4.78 is 4.92. The van der Waals surface area contributed by atoms with Crippen LogP contribution in [0.2, 0.25) is 5.02 Å². The van der Waals surface area contributed by atoms with Gasteiger partial charge in [-0.15, -0.1) is 0 Å².